The molecule has 4 aliphatic rings. The number of fused-ring (bicyclic) bond motifs is 1. The molecule has 180 valence electrons. The summed E-state index contributed by atoms with van der Waals surface area (Å²) in [5, 5.41) is 9.30. The van der Waals surface area contributed by atoms with E-state index in [0.29, 0.717) is 13.0 Å². The Morgan fingerprint density at radius 2 is 1.97 bits per heavy atom. The van der Waals surface area contributed by atoms with Crippen LogP contribution < -0.4 is 26.2 Å². The van der Waals surface area contributed by atoms with Crippen molar-refractivity contribution >= 4 is 23.4 Å². The van der Waals surface area contributed by atoms with Crippen LogP contribution in [-0.2, 0) is 14.4 Å². The lowest BCUT2D eigenvalue weighted by Crippen LogP contribution is -2.53. The molecule has 2 unspecified atom stereocenters. The van der Waals surface area contributed by atoms with E-state index in [1.165, 1.54) is 12.1 Å². The molecule has 0 aromatic heterocycles. The summed E-state index contributed by atoms with van der Waals surface area (Å²) in [6.07, 6.45) is 1.66. The number of hydroxylamine groups is 1. The minimum Gasteiger partial charge on any atom is -0.484 e. The molecule has 4 N–H and O–H groups in total. The van der Waals surface area contributed by atoms with Gasteiger partial charge in [0.25, 0.3) is 5.91 Å². The first kappa shape index (κ1) is 23.0. The molecule has 2 bridgehead atoms. The van der Waals surface area contributed by atoms with Crippen LogP contribution in [0.2, 0.25) is 5.02 Å². The van der Waals surface area contributed by atoms with Gasteiger partial charge >= 0.3 is 0 Å². The number of rotatable bonds is 8. The van der Waals surface area contributed by atoms with E-state index in [0.717, 1.165) is 24.5 Å². The Balaban J connectivity index is 1.05. The van der Waals surface area contributed by atoms with E-state index in [2.05, 4.69) is 21.4 Å². The van der Waals surface area contributed by atoms with Crippen LogP contribution in [0, 0.1) is 17.7 Å². The zero-order valence-electron chi connectivity index (χ0n) is 18.4. The van der Waals surface area contributed by atoms with E-state index in [-0.39, 0.29) is 59.0 Å². The van der Waals surface area contributed by atoms with Gasteiger partial charge in [-0.15, -0.1) is 0 Å². The molecule has 10 heteroatoms. The fourth-order valence-corrected chi connectivity index (χ4v) is 5.23. The fraction of sp³-hybridized carbons (Fsp3) is 0.417. The predicted molar refractivity (Wildman–Crippen MR) is 122 cm³/mol. The molecule has 3 atom stereocenters. The van der Waals surface area contributed by atoms with Crippen molar-refractivity contribution in [2.24, 2.45) is 11.8 Å². The third-order valence-corrected chi connectivity index (χ3v) is 7.06. The highest BCUT2D eigenvalue weighted by Crippen LogP contribution is 2.55. The van der Waals surface area contributed by atoms with Crippen molar-refractivity contribution in [3.8, 4) is 5.75 Å². The number of benzene rings is 2. The molecular weight excluding hydrogens is 463 g/mol. The molecule has 2 aromatic carbocycles. The van der Waals surface area contributed by atoms with Gasteiger partial charge in [-0.1, -0.05) is 41.9 Å². The van der Waals surface area contributed by atoms with E-state index in [4.69, 9.17) is 21.2 Å². The van der Waals surface area contributed by atoms with E-state index in [9.17, 15) is 14.0 Å². The monoisotopic (exact) mass is 488 g/mol. The second kappa shape index (κ2) is 9.50. The maximum atomic E-state index is 13.5. The summed E-state index contributed by atoms with van der Waals surface area (Å²) in [5.74, 6) is -0.563. The van der Waals surface area contributed by atoms with Crippen molar-refractivity contribution in [1.29, 1.82) is 0 Å². The Morgan fingerprint density at radius 1 is 1.18 bits per heavy atom. The van der Waals surface area contributed by atoms with Gasteiger partial charge in [-0.05, 0) is 42.9 Å². The number of hydrogen-bond acceptors (Lipinski definition) is 6. The SMILES string of the molecule is O=C(COc1ccc(Cl)c(F)c1)NC12CC(C1)[C@@H](C(=O)NCC1NOC(c3ccccc3)N1)C2. The molecular formula is C24H26ClFN4O4. The number of halogens is 2. The van der Waals surface area contributed by atoms with Gasteiger partial charge in [-0.3, -0.25) is 19.7 Å². The highest BCUT2D eigenvalue weighted by Gasteiger charge is 2.58. The first-order valence-corrected chi connectivity index (χ1v) is 11.7. The second-order valence-corrected chi connectivity index (χ2v) is 9.57. The number of ether oxygens (including phenoxy) is 1. The van der Waals surface area contributed by atoms with Gasteiger partial charge < -0.3 is 15.4 Å². The Hall–Kier alpha value is -2.72. The molecule has 8 nitrogen and oxygen atoms in total. The molecule has 1 heterocycles. The van der Waals surface area contributed by atoms with Gasteiger partial charge in [-0.25, -0.2) is 4.39 Å². The van der Waals surface area contributed by atoms with E-state index in [1.807, 2.05) is 30.3 Å². The molecule has 34 heavy (non-hydrogen) atoms. The molecule has 0 radical (unpaired) electrons. The highest BCUT2D eigenvalue weighted by atomic mass is 35.5. The summed E-state index contributed by atoms with van der Waals surface area (Å²) in [4.78, 5) is 30.8. The Kier molecular flexibility index (Phi) is 6.44. The van der Waals surface area contributed by atoms with Crippen molar-refractivity contribution < 1.29 is 23.6 Å². The van der Waals surface area contributed by atoms with Crippen LogP contribution in [0.25, 0.3) is 0 Å². The van der Waals surface area contributed by atoms with Crippen LogP contribution in [0.5, 0.6) is 5.75 Å². The maximum absolute atomic E-state index is 13.5. The van der Waals surface area contributed by atoms with Gasteiger partial charge in [0, 0.05) is 24.1 Å². The van der Waals surface area contributed by atoms with Gasteiger partial charge in [-0.2, -0.15) is 5.48 Å². The normalized spacial score (nSPS) is 29.4. The summed E-state index contributed by atoms with van der Waals surface area (Å²) >= 11 is 5.65. The number of nitrogens with one attached hydrogen (secondary N) is 4. The Bertz CT molecular complexity index is 1070. The molecule has 6 rings (SSSR count). The van der Waals surface area contributed by atoms with E-state index >= 15 is 0 Å². The van der Waals surface area contributed by atoms with Crippen molar-refractivity contribution in [2.45, 2.75) is 37.2 Å². The van der Waals surface area contributed by atoms with Gasteiger partial charge in [0.2, 0.25) is 5.91 Å². The van der Waals surface area contributed by atoms with Crippen molar-refractivity contribution in [2.75, 3.05) is 13.2 Å². The summed E-state index contributed by atoms with van der Waals surface area (Å²) in [6, 6.07) is 13.8. The highest BCUT2D eigenvalue weighted by molar-refractivity contribution is 6.30. The van der Waals surface area contributed by atoms with Crippen LogP contribution in [0.15, 0.2) is 48.5 Å². The van der Waals surface area contributed by atoms with Gasteiger partial charge in [0.15, 0.2) is 12.8 Å². The lowest BCUT2D eigenvalue weighted by Gasteiger charge is -2.39. The lowest BCUT2D eigenvalue weighted by atomic mass is 9.76. The molecule has 4 fully saturated rings. The van der Waals surface area contributed by atoms with Crippen LogP contribution in [0.4, 0.5) is 4.39 Å². The van der Waals surface area contributed by atoms with E-state index < -0.39 is 5.82 Å². The zero-order chi connectivity index (χ0) is 23.7. The van der Waals surface area contributed by atoms with Crippen molar-refractivity contribution in [1.82, 2.24) is 21.4 Å². The zero-order valence-corrected chi connectivity index (χ0v) is 19.1. The average Bonchev–Trinajstić information content (AvgIpc) is 3.52. The molecule has 2 amide bonds. The fourth-order valence-electron chi connectivity index (χ4n) is 5.12. The summed E-state index contributed by atoms with van der Waals surface area (Å²) < 4.78 is 18.9. The third kappa shape index (κ3) is 4.88. The summed E-state index contributed by atoms with van der Waals surface area (Å²) in [6.45, 7) is 0.155. The largest absolute Gasteiger partial charge is 0.484 e. The third-order valence-electron chi connectivity index (χ3n) is 6.75. The minimum atomic E-state index is -0.602. The number of amides is 2. The van der Waals surface area contributed by atoms with Crippen LogP contribution >= 0.6 is 11.6 Å². The molecule has 1 aliphatic heterocycles. The van der Waals surface area contributed by atoms with Gasteiger partial charge in [0.1, 0.15) is 17.7 Å². The second-order valence-electron chi connectivity index (χ2n) is 9.16. The smallest absolute Gasteiger partial charge is 0.258 e. The van der Waals surface area contributed by atoms with Crippen LogP contribution in [-0.4, -0.2) is 36.7 Å². The van der Waals surface area contributed by atoms with E-state index in [1.54, 1.807) is 0 Å². The van der Waals surface area contributed by atoms with Crippen LogP contribution in [0.1, 0.15) is 31.1 Å². The summed E-state index contributed by atoms with van der Waals surface area (Å²) in [7, 11) is 0. The molecule has 3 saturated carbocycles. The maximum Gasteiger partial charge on any atom is 0.258 e. The number of carbonyl (C=O) groups is 2. The number of carbonyl (C=O) groups excluding carboxylic acids is 2. The van der Waals surface area contributed by atoms with Crippen LogP contribution in [0.3, 0.4) is 0 Å². The van der Waals surface area contributed by atoms with Gasteiger partial charge in [0.05, 0.1) is 5.02 Å². The quantitative estimate of drug-likeness (QED) is 0.455. The molecule has 2 aromatic rings. The topological polar surface area (TPSA) is 101 Å². The summed E-state index contributed by atoms with van der Waals surface area (Å²) in [5.41, 5.74) is 3.54. The molecule has 0 spiro atoms. The first-order valence-electron chi connectivity index (χ1n) is 11.3. The van der Waals surface area contributed by atoms with Crippen molar-refractivity contribution in [3.63, 3.8) is 0 Å². The average molecular weight is 489 g/mol. The van der Waals surface area contributed by atoms with Crippen molar-refractivity contribution in [3.05, 3.63) is 64.9 Å². The predicted octanol–water partition coefficient (Wildman–Crippen LogP) is 2.41. The minimum absolute atomic E-state index is 0.00509. The Labute approximate surface area is 201 Å². The lowest BCUT2D eigenvalue weighted by molar-refractivity contribution is -0.126. The Morgan fingerprint density at radius 3 is 2.74 bits per heavy atom. The number of hydrogen-bond donors (Lipinski definition) is 4. The molecule has 3 aliphatic carbocycles. The standard InChI is InChI=1S/C24H26ClFN4O4/c25-18-7-6-16(8-19(18)26)33-13-21(31)29-24-9-15(10-24)17(11-24)22(32)27-12-20-28-23(34-30-20)14-4-2-1-3-5-14/h1-8,15,17,20,23,28,30H,9-13H2,(H,27,32)(H,29,31)/t15?,17-,20?,23?,24?/m0/s1. The first-order chi connectivity index (χ1) is 16.4. The molecule has 1 saturated heterocycles.